The highest BCUT2D eigenvalue weighted by Gasteiger charge is 2.43. The molecule has 0 aromatic heterocycles. The fourth-order valence-corrected chi connectivity index (χ4v) is 1.50. The van der Waals surface area contributed by atoms with E-state index >= 15 is 0 Å². The molecule has 1 aliphatic heterocycles. The minimum Gasteiger partial charge on any atom is -0.458 e. The second-order valence-corrected chi connectivity index (χ2v) is 3.90. The van der Waals surface area contributed by atoms with Gasteiger partial charge in [-0.2, -0.15) is 8.78 Å². The molecule has 0 bridgehead atoms. The molecule has 1 aromatic carbocycles. The van der Waals surface area contributed by atoms with Crippen LogP contribution in [0.25, 0.3) is 0 Å². The summed E-state index contributed by atoms with van der Waals surface area (Å²) in [6.07, 6.45) is -0.701. The van der Waals surface area contributed by atoms with Crippen molar-refractivity contribution < 1.29 is 27.8 Å². The van der Waals surface area contributed by atoms with Gasteiger partial charge in [-0.3, -0.25) is 0 Å². The quantitative estimate of drug-likeness (QED) is 0.786. The Bertz CT molecular complexity index is 511. The van der Waals surface area contributed by atoms with Crippen molar-refractivity contribution in [3.05, 3.63) is 48.0 Å². The SMILES string of the molecule is O=C1C=CC(F)(F)[C@@H](COC(=O)c2ccccc2)O1. The van der Waals surface area contributed by atoms with Crippen molar-refractivity contribution >= 4 is 11.9 Å². The summed E-state index contributed by atoms with van der Waals surface area (Å²) in [7, 11) is 0. The molecule has 0 aliphatic carbocycles. The Kier molecular flexibility index (Phi) is 3.59. The summed E-state index contributed by atoms with van der Waals surface area (Å²) in [5, 5.41) is 0. The molecule has 1 aromatic rings. The van der Waals surface area contributed by atoms with Gasteiger partial charge in [0.05, 0.1) is 5.56 Å². The highest BCUT2D eigenvalue weighted by molar-refractivity contribution is 5.89. The van der Waals surface area contributed by atoms with Gasteiger partial charge in [-0.05, 0) is 18.2 Å². The van der Waals surface area contributed by atoms with Crippen molar-refractivity contribution in [3.8, 4) is 0 Å². The molecule has 0 N–H and O–H groups in total. The molecule has 4 nitrogen and oxygen atoms in total. The van der Waals surface area contributed by atoms with Gasteiger partial charge >= 0.3 is 17.9 Å². The molecule has 100 valence electrons. The number of hydrogen-bond donors (Lipinski definition) is 0. The molecule has 1 heterocycles. The number of carbonyl (C=O) groups excluding carboxylic acids is 2. The van der Waals surface area contributed by atoms with Gasteiger partial charge in [-0.1, -0.05) is 18.2 Å². The average Bonchev–Trinajstić information content (AvgIpc) is 2.40. The van der Waals surface area contributed by atoms with Gasteiger partial charge in [0.2, 0.25) is 6.10 Å². The fraction of sp³-hybridized carbons (Fsp3) is 0.231. The fourth-order valence-electron chi connectivity index (χ4n) is 1.50. The van der Waals surface area contributed by atoms with Crippen LogP contribution < -0.4 is 0 Å². The van der Waals surface area contributed by atoms with Crippen LogP contribution in [-0.4, -0.2) is 30.6 Å². The summed E-state index contributed by atoms with van der Waals surface area (Å²) in [6, 6.07) is 7.93. The zero-order valence-corrected chi connectivity index (χ0v) is 9.71. The molecule has 1 aliphatic rings. The third kappa shape index (κ3) is 3.15. The molecule has 6 heteroatoms. The van der Waals surface area contributed by atoms with Crippen LogP contribution in [0.5, 0.6) is 0 Å². The number of ether oxygens (including phenoxy) is 2. The lowest BCUT2D eigenvalue weighted by molar-refractivity contribution is -0.169. The predicted octanol–water partition coefficient (Wildman–Crippen LogP) is 1.96. The van der Waals surface area contributed by atoms with E-state index in [-0.39, 0.29) is 5.56 Å². The van der Waals surface area contributed by atoms with Crippen molar-refractivity contribution in [2.24, 2.45) is 0 Å². The van der Waals surface area contributed by atoms with E-state index in [1.54, 1.807) is 18.2 Å². The van der Waals surface area contributed by atoms with E-state index in [1.807, 2.05) is 0 Å². The third-order valence-corrected chi connectivity index (χ3v) is 2.50. The van der Waals surface area contributed by atoms with E-state index in [4.69, 9.17) is 4.74 Å². The van der Waals surface area contributed by atoms with Gasteiger partial charge in [0, 0.05) is 6.08 Å². The van der Waals surface area contributed by atoms with Gasteiger partial charge in [0.25, 0.3) is 0 Å². The number of rotatable bonds is 3. The Morgan fingerprint density at radius 1 is 1.32 bits per heavy atom. The lowest BCUT2D eigenvalue weighted by Gasteiger charge is -2.26. The van der Waals surface area contributed by atoms with Crippen molar-refractivity contribution in [1.29, 1.82) is 0 Å². The number of benzene rings is 1. The Morgan fingerprint density at radius 2 is 2.00 bits per heavy atom. The Hall–Kier alpha value is -2.24. The second-order valence-electron chi connectivity index (χ2n) is 3.90. The standard InChI is InChI=1S/C13H10F2O4/c14-13(15)7-6-11(16)19-10(13)8-18-12(17)9-4-2-1-3-5-9/h1-7,10H,8H2/t10-/m1/s1. The summed E-state index contributed by atoms with van der Waals surface area (Å²) in [4.78, 5) is 22.4. The maximum atomic E-state index is 13.3. The minimum absolute atomic E-state index is 0.239. The van der Waals surface area contributed by atoms with Crippen LogP contribution in [0.3, 0.4) is 0 Å². The van der Waals surface area contributed by atoms with Gasteiger partial charge in [-0.25, -0.2) is 9.59 Å². The summed E-state index contributed by atoms with van der Waals surface area (Å²) in [5.74, 6) is -4.97. The van der Waals surface area contributed by atoms with Crippen LogP contribution in [0.2, 0.25) is 0 Å². The largest absolute Gasteiger partial charge is 0.458 e. The predicted molar refractivity (Wildman–Crippen MR) is 60.7 cm³/mol. The first-order valence-corrected chi connectivity index (χ1v) is 5.49. The Morgan fingerprint density at radius 3 is 2.68 bits per heavy atom. The molecule has 2 rings (SSSR count). The van der Waals surface area contributed by atoms with Crippen molar-refractivity contribution in [2.75, 3.05) is 6.61 Å². The lowest BCUT2D eigenvalue weighted by atomic mass is 10.1. The van der Waals surface area contributed by atoms with Gasteiger partial charge < -0.3 is 9.47 Å². The molecule has 0 saturated heterocycles. The van der Waals surface area contributed by atoms with E-state index in [0.29, 0.717) is 12.2 Å². The maximum absolute atomic E-state index is 13.3. The van der Waals surface area contributed by atoms with E-state index in [9.17, 15) is 18.4 Å². The monoisotopic (exact) mass is 268 g/mol. The van der Waals surface area contributed by atoms with Gasteiger partial charge in [0.15, 0.2) is 0 Å². The summed E-state index contributed by atoms with van der Waals surface area (Å²) in [5.41, 5.74) is 0.239. The highest BCUT2D eigenvalue weighted by atomic mass is 19.3. The number of cyclic esters (lactones) is 1. The van der Waals surface area contributed by atoms with Crippen molar-refractivity contribution in [3.63, 3.8) is 0 Å². The first kappa shape index (κ1) is 13.2. The molecule has 0 saturated carbocycles. The topological polar surface area (TPSA) is 52.6 Å². The molecule has 0 unspecified atom stereocenters. The minimum atomic E-state index is -3.34. The molecule has 0 spiro atoms. The van der Waals surface area contributed by atoms with E-state index in [1.165, 1.54) is 12.1 Å². The molecule has 0 amide bonds. The van der Waals surface area contributed by atoms with Gasteiger partial charge in [0.1, 0.15) is 6.61 Å². The summed E-state index contributed by atoms with van der Waals surface area (Å²) in [6.45, 7) is -0.698. The third-order valence-electron chi connectivity index (χ3n) is 2.50. The first-order valence-electron chi connectivity index (χ1n) is 5.49. The smallest absolute Gasteiger partial charge is 0.338 e. The van der Waals surface area contributed by atoms with Crippen LogP contribution in [0.15, 0.2) is 42.5 Å². The first-order chi connectivity index (χ1) is 8.99. The molecular formula is C13H10F2O4. The van der Waals surface area contributed by atoms with E-state index in [0.717, 1.165) is 0 Å². The number of alkyl halides is 2. The van der Waals surface area contributed by atoms with Crippen molar-refractivity contribution in [1.82, 2.24) is 0 Å². The number of esters is 2. The van der Waals surface area contributed by atoms with Crippen LogP contribution >= 0.6 is 0 Å². The van der Waals surface area contributed by atoms with Gasteiger partial charge in [-0.15, -0.1) is 0 Å². The van der Waals surface area contributed by atoms with Crippen LogP contribution in [-0.2, 0) is 14.3 Å². The van der Waals surface area contributed by atoms with Crippen LogP contribution in [0.1, 0.15) is 10.4 Å². The molecule has 1 atom stereocenters. The molecular weight excluding hydrogens is 258 g/mol. The zero-order valence-electron chi connectivity index (χ0n) is 9.71. The molecule has 19 heavy (non-hydrogen) atoms. The number of carbonyl (C=O) groups is 2. The summed E-state index contributed by atoms with van der Waals surface area (Å²) >= 11 is 0. The van der Waals surface area contributed by atoms with E-state index < -0.39 is 30.6 Å². The highest BCUT2D eigenvalue weighted by Crippen LogP contribution is 2.27. The Balaban J connectivity index is 1.97. The number of hydrogen-bond acceptors (Lipinski definition) is 4. The lowest BCUT2D eigenvalue weighted by Crippen LogP contribution is -2.42. The van der Waals surface area contributed by atoms with Crippen LogP contribution in [0, 0.1) is 0 Å². The number of halogens is 2. The maximum Gasteiger partial charge on any atom is 0.338 e. The summed E-state index contributed by atoms with van der Waals surface area (Å²) < 4.78 is 35.8. The average molecular weight is 268 g/mol. The van der Waals surface area contributed by atoms with Crippen molar-refractivity contribution in [2.45, 2.75) is 12.0 Å². The Labute approximate surface area is 107 Å². The molecule has 0 fully saturated rings. The second kappa shape index (κ2) is 5.17. The van der Waals surface area contributed by atoms with E-state index in [2.05, 4.69) is 4.74 Å². The zero-order chi connectivity index (χ0) is 13.9. The van der Waals surface area contributed by atoms with Crippen LogP contribution in [0.4, 0.5) is 8.78 Å². The molecule has 0 radical (unpaired) electrons. The normalized spacial score (nSPS) is 20.7.